The van der Waals surface area contributed by atoms with Gasteiger partial charge in [0.15, 0.2) is 0 Å². The number of carboxylic acid groups (broad SMARTS) is 1. The Labute approximate surface area is 116 Å². The molecule has 106 valence electrons. The summed E-state index contributed by atoms with van der Waals surface area (Å²) in [5.74, 6) is 0.304. The first kappa shape index (κ1) is 13.9. The standard InChI is InChI=1S/C14H16N2O4/c1-4-8-11(19-2)5-6-12(20-3)13(8)9-7-10(14(17)18)16-15-9/h5-7H,4H2,1-3H3,(H,15,16)(H,17,18). The lowest BCUT2D eigenvalue weighted by Crippen LogP contribution is -1.98. The van der Waals surface area contributed by atoms with Gasteiger partial charge in [0.05, 0.1) is 25.5 Å². The first-order valence-corrected chi connectivity index (χ1v) is 6.15. The van der Waals surface area contributed by atoms with Crippen molar-refractivity contribution >= 4 is 5.97 Å². The highest BCUT2D eigenvalue weighted by atomic mass is 16.5. The van der Waals surface area contributed by atoms with E-state index in [0.29, 0.717) is 17.9 Å². The maximum atomic E-state index is 11.0. The highest BCUT2D eigenvalue weighted by Gasteiger charge is 2.19. The Morgan fingerprint density at radius 2 is 1.95 bits per heavy atom. The SMILES string of the molecule is CCc1c(OC)ccc(OC)c1-c1cc(C(=O)O)[nH]n1. The number of ether oxygens (including phenoxy) is 2. The molecule has 0 aliphatic heterocycles. The average Bonchev–Trinajstić information content (AvgIpc) is 2.95. The summed E-state index contributed by atoms with van der Waals surface area (Å²) < 4.78 is 10.7. The van der Waals surface area contributed by atoms with Gasteiger partial charge in [-0.3, -0.25) is 5.10 Å². The predicted octanol–water partition coefficient (Wildman–Crippen LogP) is 2.35. The summed E-state index contributed by atoms with van der Waals surface area (Å²) in [7, 11) is 3.16. The van der Waals surface area contributed by atoms with Crippen LogP contribution in [0.2, 0.25) is 0 Å². The lowest BCUT2D eigenvalue weighted by atomic mass is 9.99. The maximum Gasteiger partial charge on any atom is 0.353 e. The van der Waals surface area contributed by atoms with Crippen LogP contribution in [0.15, 0.2) is 18.2 Å². The van der Waals surface area contributed by atoms with E-state index in [0.717, 1.165) is 16.9 Å². The van der Waals surface area contributed by atoms with Crippen molar-refractivity contribution in [1.82, 2.24) is 10.2 Å². The number of carboxylic acids is 1. The van der Waals surface area contributed by atoms with E-state index in [1.165, 1.54) is 6.07 Å². The van der Waals surface area contributed by atoms with Crippen molar-refractivity contribution in [3.8, 4) is 22.8 Å². The van der Waals surface area contributed by atoms with E-state index in [9.17, 15) is 4.79 Å². The predicted molar refractivity (Wildman–Crippen MR) is 73.5 cm³/mol. The Kier molecular flexibility index (Phi) is 3.93. The molecule has 0 saturated heterocycles. The minimum absolute atomic E-state index is 0.0342. The number of nitrogens with one attached hydrogen (secondary N) is 1. The van der Waals surface area contributed by atoms with Crippen molar-refractivity contribution < 1.29 is 19.4 Å². The molecule has 6 nitrogen and oxygen atoms in total. The molecule has 2 N–H and O–H groups in total. The monoisotopic (exact) mass is 276 g/mol. The molecule has 0 unspecified atom stereocenters. The van der Waals surface area contributed by atoms with Crippen LogP contribution in [-0.2, 0) is 6.42 Å². The second-order valence-corrected chi connectivity index (χ2v) is 4.15. The number of hydrogen-bond donors (Lipinski definition) is 2. The number of carbonyl (C=O) groups is 1. The number of aromatic amines is 1. The molecule has 6 heteroatoms. The van der Waals surface area contributed by atoms with Gasteiger partial charge in [-0.15, -0.1) is 0 Å². The molecule has 0 amide bonds. The van der Waals surface area contributed by atoms with Gasteiger partial charge in [-0.2, -0.15) is 5.10 Å². The van der Waals surface area contributed by atoms with E-state index in [1.807, 2.05) is 13.0 Å². The van der Waals surface area contributed by atoms with E-state index < -0.39 is 5.97 Å². The first-order chi connectivity index (χ1) is 9.62. The molecule has 1 aromatic carbocycles. The van der Waals surface area contributed by atoms with Crippen molar-refractivity contribution in [2.45, 2.75) is 13.3 Å². The van der Waals surface area contributed by atoms with Gasteiger partial charge < -0.3 is 14.6 Å². The van der Waals surface area contributed by atoms with Crippen molar-refractivity contribution in [1.29, 1.82) is 0 Å². The van der Waals surface area contributed by atoms with Crippen LogP contribution in [0.5, 0.6) is 11.5 Å². The van der Waals surface area contributed by atoms with Crippen molar-refractivity contribution in [2.75, 3.05) is 14.2 Å². The van der Waals surface area contributed by atoms with Crippen LogP contribution in [0.3, 0.4) is 0 Å². The van der Waals surface area contributed by atoms with Gasteiger partial charge in [-0.25, -0.2) is 4.79 Å². The minimum Gasteiger partial charge on any atom is -0.496 e. The second kappa shape index (κ2) is 5.64. The van der Waals surface area contributed by atoms with Gasteiger partial charge in [0, 0.05) is 5.56 Å². The van der Waals surface area contributed by atoms with Crippen molar-refractivity contribution in [3.05, 3.63) is 29.5 Å². The Balaban J connectivity index is 2.65. The van der Waals surface area contributed by atoms with Crippen LogP contribution in [-0.4, -0.2) is 35.5 Å². The summed E-state index contributed by atoms with van der Waals surface area (Å²) in [4.78, 5) is 11.0. The molecular formula is C14H16N2O4. The number of aromatic nitrogens is 2. The highest BCUT2D eigenvalue weighted by Crippen LogP contribution is 2.38. The number of nitrogens with zero attached hydrogens (tertiary/aromatic N) is 1. The largest absolute Gasteiger partial charge is 0.496 e. The minimum atomic E-state index is -1.05. The third-order valence-corrected chi connectivity index (χ3v) is 3.09. The van der Waals surface area contributed by atoms with Crippen LogP contribution in [0.4, 0.5) is 0 Å². The normalized spacial score (nSPS) is 10.3. The molecule has 0 aliphatic carbocycles. The van der Waals surface area contributed by atoms with Crippen LogP contribution in [0, 0.1) is 0 Å². The lowest BCUT2D eigenvalue weighted by Gasteiger charge is -2.14. The van der Waals surface area contributed by atoms with Gasteiger partial charge >= 0.3 is 5.97 Å². The molecule has 1 heterocycles. The van der Waals surface area contributed by atoms with Gasteiger partial charge in [-0.05, 0) is 24.6 Å². The number of H-pyrrole nitrogens is 1. The number of rotatable bonds is 5. The Morgan fingerprint density at radius 3 is 2.45 bits per heavy atom. The van der Waals surface area contributed by atoms with E-state index in [1.54, 1.807) is 20.3 Å². The van der Waals surface area contributed by atoms with Crippen LogP contribution >= 0.6 is 0 Å². The fourth-order valence-electron chi connectivity index (χ4n) is 2.16. The summed E-state index contributed by atoms with van der Waals surface area (Å²) in [6.45, 7) is 1.99. The summed E-state index contributed by atoms with van der Waals surface area (Å²) >= 11 is 0. The molecule has 0 aliphatic rings. The third kappa shape index (κ3) is 2.32. The molecule has 0 bridgehead atoms. The topological polar surface area (TPSA) is 84.4 Å². The number of benzene rings is 1. The van der Waals surface area contributed by atoms with E-state index in [2.05, 4.69) is 10.2 Å². The maximum absolute atomic E-state index is 11.0. The van der Waals surface area contributed by atoms with Crippen molar-refractivity contribution in [2.24, 2.45) is 0 Å². The fraction of sp³-hybridized carbons (Fsp3) is 0.286. The molecule has 20 heavy (non-hydrogen) atoms. The first-order valence-electron chi connectivity index (χ1n) is 6.15. The van der Waals surface area contributed by atoms with Crippen LogP contribution in [0.25, 0.3) is 11.3 Å². The molecule has 1 aromatic heterocycles. The molecule has 0 atom stereocenters. The summed E-state index contributed by atoms with van der Waals surface area (Å²) in [6.07, 6.45) is 0.713. The van der Waals surface area contributed by atoms with Gasteiger partial charge in [0.25, 0.3) is 0 Å². The zero-order chi connectivity index (χ0) is 14.7. The van der Waals surface area contributed by atoms with Crippen molar-refractivity contribution in [3.63, 3.8) is 0 Å². The number of hydrogen-bond acceptors (Lipinski definition) is 4. The molecule has 2 rings (SSSR count). The lowest BCUT2D eigenvalue weighted by molar-refractivity contribution is 0.0690. The fourth-order valence-corrected chi connectivity index (χ4v) is 2.16. The summed E-state index contributed by atoms with van der Waals surface area (Å²) in [5.41, 5.74) is 2.23. The zero-order valence-corrected chi connectivity index (χ0v) is 11.6. The van der Waals surface area contributed by atoms with Gasteiger partial charge in [-0.1, -0.05) is 6.92 Å². The average molecular weight is 276 g/mol. The smallest absolute Gasteiger partial charge is 0.353 e. The van der Waals surface area contributed by atoms with E-state index >= 15 is 0 Å². The molecular weight excluding hydrogens is 260 g/mol. The molecule has 0 radical (unpaired) electrons. The zero-order valence-electron chi connectivity index (χ0n) is 11.6. The number of methoxy groups -OCH3 is 2. The molecule has 2 aromatic rings. The van der Waals surface area contributed by atoms with Crippen LogP contribution in [0.1, 0.15) is 23.0 Å². The van der Waals surface area contributed by atoms with Gasteiger partial charge in [0.2, 0.25) is 0 Å². The third-order valence-electron chi connectivity index (χ3n) is 3.09. The highest BCUT2D eigenvalue weighted by molar-refractivity contribution is 5.87. The number of aromatic carboxylic acids is 1. The molecule has 0 fully saturated rings. The Bertz CT molecular complexity index is 634. The Hall–Kier alpha value is -2.50. The second-order valence-electron chi connectivity index (χ2n) is 4.15. The molecule has 0 spiro atoms. The molecule has 0 saturated carbocycles. The quantitative estimate of drug-likeness (QED) is 0.875. The van der Waals surface area contributed by atoms with Gasteiger partial charge in [0.1, 0.15) is 17.2 Å². The van der Waals surface area contributed by atoms with Crippen LogP contribution < -0.4 is 9.47 Å². The van der Waals surface area contributed by atoms with E-state index in [4.69, 9.17) is 14.6 Å². The summed E-state index contributed by atoms with van der Waals surface area (Å²) in [6, 6.07) is 5.09. The Morgan fingerprint density at radius 1 is 1.30 bits per heavy atom. The summed E-state index contributed by atoms with van der Waals surface area (Å²) in [5, 5.41) is 15.5. The van der Waals surface area contributed by atoms with E-state index in [-0.39, 0.29) is 5.69 Å².